The molecule has 1 amide bonds. The molecule has 11 heteroatoms. The Kier molecular flexibility index (Phi) is 64.6. The number of rotatable bonds is 70. The van der Waals surface area contributed by atoms with Gasteiger partial charge in [0.1, 0.15) is 24.4 Å². The first-order valence-electron chi connectivity index (χ1n) is 39.1. The Bertz CT molecular complexity index is 1530. The molecule has 0 aromatic rings. The van der Waals surface area contributed by atoms with Crippen molar-refractivity contribution in [1.82, 2.24) is 5.32 Å². The van der Waals surface area contributed by atoms with Gasteiger partial charge in [-0.3, -0.25) is 9.59 Å². The zero-order chi connectivity index (χ0) is 64.4. The van der Waals surface area contributed by atoms with E-state index in [2.05, 4.69) is 31.3 Å². The van der Waals surface area contributed by atoms with E-state index in [4.69, 9.17) is 14.2 Å². The lowest BCUT2D eigenvalue weighted by Gasteiger charge is -2.40. The first kappa shape index (κ1) is 85.2. The zero-order valence-corrected chi connectivity index (χ0v) is 58.7. The second-order valence-electron chi connectivity index (χ2n) is 27.4. The lowest BCUT2D eigenvalue weighted by atomic mass is 9.99. The summed E-state index contributed by atoms with van der Waals surface area (Å²) in [6.07, 6.45) is 76.3. The highest BCUT2D eigenvalue weighted by atomic mass is 16.7. The SMILES string of the molecule is CCCCCCCCCC/C=C/CC/C=C/C(O)C(COC1OC(CO)C(O)C(O)C1O)NC(=O)CCCCCCCCCCCCCCCCCCCCCCCCCCCCCCCCCCCCCOC(=O)CCCCCCCCCCCCCC. The molecular formula is C78H149NO10. The van der Waals surface area contributed by atoms with Crippen molar-refractivity contribution in [2.75, 3.05) is 19.8 Å². The Labute approximate surface area is 550 Å². The molecule has 526 valence electrons. The third-order valence-electron chi connectivity index (χ3n) is 18.8. The van der Waals surface area contributed by atoms with Crippen LogP contribution >= 0.6 is 0 Å². The maximum absolute atomic E-state index is 13.1. The van der Waals surface area contributed by atoms with Crippen LogP contribution in [0.25, 0.3) is 0 Å². The molecule has 6 N–H and O–H groups in total. The van der Waals surface area contributed by atoms with Gasteiger partial charge in [-0.2, -0.15) is 0 Å². The molecule has 0 aromatic heterocycles. The first-order chi connectivity index (χ1) is 43.7. The van der Waals surface area contributed by atoms with Gasteiger partial charge in [-0.1, -0.05) is 366 Å². The third kappa shape index (κ3) is 56.2. The van der Waals surface area contributed by atoms with E-state index >= 15 is 0 Å². The molecule has 0 aromatic carbocycles. The molecule has 7 atom stereocenters. The van der Waals surface area contributed by atoms with E-state index in [1.54, 1.807) is 6.08 Å². The summed E-state index contributed by atoms with van der Waals surface area (Å²) in [5, 5.41) is 54.6. The number of hydrogen-bond acceptors (Lipinski definition) is 10. The van der Waals surface area contributed by atoms with Crippen LogP contribution in [0.4, 0.5) is 0 Å². The normalized spacial score (nSPS) is 17.8. The molecular weight excluding hydrogens is 1110 g/mol. The van der Waals surface area contributed by atoms with E-state index in [1.807, 2.05) is 6.08 Å². The highest BCUT2D eigenvalue weighted by molar-refractivity contribution is 5.76. The van der Waals surface area contributed by atoms with Gasteiger partial charge < -0.3 is 45.1 Å². The van der Waals surface area contributed by atoms with E-state index in [-0.39, 0.29) is 18.5 Å². The minimum absolute atomic E-state index is 0.0172. The number of carbonyl (C=O) groups is 2. The van der Waals surface area contributed by atoms with Crippen LogP contribution in [0.15, 0.2) is 24.3 Å². The second-order valence-corrected chi connectivity index (χ2v) is 27.4. The number of nitrogens with one attached hydrogen (secondary N) is 1. The van der Waals surface area contributed by atoms with E-state index in [0.29, 0.717) is 19.4 Å². The van der Waals surface area contributed by atoms with Gasteiger partial charge in [0.2, 0.25) is 5.91 Å². The summed E-state index contributed by atoms with van der Waals surface area (Å²) in [6, 6.07) is -0.823. The molecule has 0 saturated carbocycles. The molecule has 1 aliphatic rings. The predicted molar refractivity (Wildman–Crippen MR) is 375 cm³/mol. The van der Waals surface area contributed by atoms with Gasteiger partial charge in [-0.05, 0) is 44.9 Å². The number of allylic oxidation sites excluding steroid dienone is 3. The van der Waals surface area contributed by atoms with Crippen LogP contribution in [0, 0.1) is 0 Å². The Morgan fingerprint density at radius 1 is 0.404 bits per heavy atom. The largest absolute Gasteiger partial charge is 0.466 e. The molecule has 89 heavy (non-hydrogen) atoms. The van der Waals surface area contributed by atoms with Crippen molar-refractivity contribution in [2.24, 2.45) is 0 Å². The van der Waals surface area contributed by atoms with E-state index in [1.165, 1.54) is 321 Å². The van der Waals surface area contributed by atoms with Crippen LogP contribution in [0.5, 0.6) is 0 Å². The molecule has 11 nitrogen and oxygen atoms in total. The molecule has 1 saturated heterocycles. The average molecular weight is 1260 g/mol. The maximum atomic E-state index is 13.1. The van der Waals surface area contributed by atoms with Gasteiger partial charge >= 0.3 is 5.97 Å². The fourth-order valence-corrected chi connectivity index (χ4v) is 12.7. The number of amides is 1. The minimum atomic E-state index is -1.57. The van der Waals surface area contributed by atoms with Crippen molar-refractivity contribution >= 4 is 11.9 Å². The predicted octanol–water partition coefficient (Wildman–Crippen LogP) is 20.8. The van der Waals surface area contributed by atoms with Gasteiger partial charge in [-0.25, -0.2) is 0 Å². The Hall–Kier alpha value is -1.86. The van der Waals surface area contributed by atoms with E-state index in [0.717, 1.165) is 51.4 Å². The van der Waals surface area contributed by atoms with Crippen LogP contribution in [0.2, 0.25) is 0 Å². The summed E-state index contributed by atoms with van der Waals surface area (Å²) in [5.41, 5.74) is 0. The van der Waals surface area contributed by atoms with Gasteiger partial charge in [0.25, 0.3) is 0 Å². The van der Waals surface area contributed by atoms with Gasteiger partial charge in [0, 0.05) is 12.8 Å². The number of aliphatic hydroxyl groups is 5. The Morgan fingerprint density at radius 3 is 1.11 bits per heavy atom. The van der Waals surface area contributed by atoms with Crippen LogP contribution in [0.3, 0.4) is 0 Å². The highest BCUT2D eigenvalue weighted by Crippen LogP contribution is 2.24. The van der Waals surface area contributed by atoms with Gasteiger partial charge in [0.15, 0.2) is 6.29 Å². The van der Waals surface area contributed by atoms with Crippen molar-refractivity contribution in [3.8, 4) is 0 Å². The van der Waals surface area contributed by atoms with E-state index in [9.17, 15) is 35.1 Å². The third-order valence-corrected chi connectivity index (χ3v) is 18.8. The van der Waals surface area contributed by atoms with Crippen molar-refractivity contribution < 1.29 is 49.3 Å². The molecule has 1 rings (SSSR count). The number of hydrogen-bond donors (Lipinski definition) is 6. The van der Waals surface area contributed by atoms with Crippen molar-refractivity contribution in [1.29, 1.82) is 0 Å². The number of unbranched alkanes of at least 4 members (excludes halogenated alkanes) is 54. The summed E-state index contributed by atoms with van der Waals surface area (Å²) in [4.78, 5) is 25.1. The highest BCUT2D eigenvalue weighted by Gasteiger charge is 2.44. The standard InChI is InChI=1S/C78H149NO10/c1-3-5-7-9-11-13-15-17-41-44-48-52-56-60-64-71(81)70(69-88-78-77(86)76(85)75(84)72(68-80)89-78)79-73(82)65-61-57-53-49-45-42-39-37-35-33-31-29-27-25-23-21-19-18-20-22-24-26-28-30-32-34-36-38-40-43-47-51-55-59-63-67-87-74(83)66-62-58-54-50-46-16-14-12-10-8-6-4-2/h44,48,60,64,70-72,75-78,80-81,84-86H,3-43,45-47,49-59,61-63,65-69H2,1-2H3,(H,79,82)/b48-44+,64-60+. The fraction of sp³-hybridized carbons (Fsp3) is 0.923. The summed E-state index contributed by atoms with van der Waals surface area (Å²) in [7, 11) is 0. The molecule has 0 aliphatic carbocycles. The fourth-order valence-electron chi connectivity index (χ4n) is 12.7. The number of esters is 1. The number of aliphatic hydroxyl groups excluding tert-OH is 5. The van der Waals surface area contributed by atoms with Crippen molar-refractivity contribution in [2.45, 2.75) is 442 Å². The lowest BCUT2D eigenvalue weighted by molar-refractivity contribution is -0.302. The maximum Gasteiger partial charge on any atom is 0.305 e. The smallest absolute Gasteiger partial charge is 0.305 e. The molecule has 1 fully saturated rings. The Morgan fingerprint density at radius 2 is 0.730 bits per heavy atom. The lowest BCUT2D eigenvalue weighted by Crippen LogP contribution is -2.60. The van der Waals surface area contributed by atoms with Gasteiger partial charge in [0.05, 0.1) is 32.0 Å². The summed E-state index contributed by atoms with van der Waals surface area (Å²) in [5.74, 6) is -0.167. The average Bonchev–Trinajstić information content (AvgIpc) is 3.63. The molecule has 0 bridgehead atoms. The number of ether oxygens (including phenoxy) is 3. The molecule has 0 radical (unpaired) electrons. The van der Waals surface area contributed by atoms with Crippen LogP contribution in [0.1, 0.15) is 399 Å². The van der Waals surface area contributed by atoms with Crippen LogP contribution < -0.4 is 5.32 Å². The molecule has 0 spiro atoms. The monoisotopic (exact) mass is 1260 g/mol. The molecule has 1 heterocycles. The van der Waals surface area contributed by atoms with Crippen molar-refractivity contribution in [3.63, 3.8) is 0 Å². The number of carbonyl (C=O) groups excluding carboxylic acids is 2. The quantitative estimate of drug-likeness (QED) is 0.0195. The van der Waals surface area contributed by atoms with Crippen LogP contribution in [-0.2, 0) is 23.8 Å². The zero-order valence-electron chi connectivity index (χ0n) is 58.7. The topological polar surface area (TPSA) is 175 Å². The molecule has 1 aliphatic heterocycles. The van der Waals surface area contributed by atoms with Crippen LogP contribution in [-0.4, -0.2) is 100 Å². The first-order valence-corrected chi connectivity index (χ1v) is 39.1. The van der Waals surface area contributed by atoms with E-state index < -0.39 is 49.5 Å². The van der Waals surface area contributed by atoms with Crippen molar-refractivity contribution in [3.05, 3.63) is 24.3 Å². The Balaban J connectivity index is 1.92. The van der Waals surface area contributed by atoms with Gasteiger partial charge in [-0.15, -0.1) is 0 Å². The molecule has 7 unspecified atom stereocenters. The summed E-state index contributed by atoms with van der Waals surface area (Å²) < 4.78 is 16.8. The summed E-state index contributed by atoms with van der Waals surface area (Å²) >= 11 is 0. The second kappa shape index (κ2) is 67.6. The summed E-state index contributed by atoms with van der Waals surface area (Å²) in [6.45, 7) is 4.38. The minimum Gasteiger partial charge on any atom is -0.466 e.